The molecule has 2 aliphatic carbocycles. The Morgan fingerprint density at radius 3 is 1.79 bits per heavy atom. The van der Waals surface area contributed by atoms with Gasteiger partial charge < -0.3 is 4.74 Å². The molecule has 3 aromatic carbocycles. The van der Waals surface area contributed by atoms with Crippen LogP contribution in [0.3, 0.4) is 0 Å². The van der Waals surface area contributed by atoms with Crippen LogP contribution in [0.2, 0.25) is 0 Å². The maximum atomic E-state index is 15.1. The summed E-state index contributed by atoms with van der Waals surface area (Å²) in [6.45, 7) is 3.53. The normalized spacial score (nSPS) is 23.1. The number of benzene rings is 3. The lowest BCUT2D eigenvalue weighted by Gasteiger charge is -2.23. The standard InChI is InChI=1S/C29H24F8O/c1-13-3-15-6-18(7-16(15)4-13)17-5-14(2)27(23(32)8-17)29(36,37)38-20-11-21(30)26(22(31)12-20)19-9-24(33)28(35)25(34)10-19/h5,8-13,15-16,18H,3-4,6-7H2,1-2H3. The van der Waals surface area contributed by atoms with Crippen molar-refractivity contribution in [2.24, 2.45) is 17.8 Å². The molecule has 2 saturated carbocycles. The van der Waals surface area contributed by atoms with Gasteiger partial charge in [0.1, 0.15) is 28.8 Å². The highest BCUT2D eigenvalue weighted by molar-refractivity contribution is 5.66. The van der Waals surface area contributed by atoms with Gasteiger partial charge in [-0.3, -0.25) is 0 Å². The molecule has 38 heavy (non-hydrogen) atoms. The molecule has 5 rings (SSSR count). The molecule has 1 nitrogen and oxygen atoms in total. The largest absolute Gasteiger partial charge is 0.429 e. The average Bonchev–Trinajstić information content (AvgIpc) is 3.33. The molecule has 3 aromatic rings. The summed E-state index contributed by atoms with van der Waals surface area (Å²) in [7, 11) is 0. The monoisotopic (exact) mass is 540 g/mol. The van der Waals surface area contributed by atoms with Gasteiger partial charge in [0.2, 0.25) is 0 Å². The topological polar surface area (TPSA) is 9.23 Å². The van der Waals surface area contributed by atoms with Crippen molar-refractivity contribution in [1.82, 2.24) is 0 Å². The Hall–Kier alpha value is -3.10. The van der Waals surface area contributed by atoms with E-state index in [4.69, 9.17) is 0 Å². The number of alkyl halides is 2. The Morgan fingerprint density at radius 1 is 0.711 bits per heavy atom. The number of fused-ring (bicyclic) bond motifs is 1. The molecule has 2 fully saturated rings. The van der Waals surface area contributed by atoms with E-state index in [1.807, 2.05) is 0 Å². The number of hydrogen-bond acceptors (Lipinski definition) is 1. The van der Waals surface area contributed by atoms with Gasteiger partial charge in [-0.15, -0.1) is 0 Å². The molecule has 202 valence electrons. The van der Waals surface area contributed by atoms with Crippen molar-refractivity contribution in [1.29, 1.82) is 0 Å². The lowest BCUT2D eigenvalue weighted by atomic mass is 9.90. The highest BCUT2D eigenvalue weighted by atomic mass is 19.3. The van der Waals surface area contributed by atoms with E-state index in [0.29, 0.717) is 47.6 Å². The van der Waals surface area contributed by atoms with Crippen molar-refractivity contribution in [3.63, 3.8) is 0 Å². The van der Waals surface area contributed by atoms with E-state index < -0.39 is 63.5 Å². The van der Waals surface area contributed by atoms with Crippen molar-refractivity contribution in [3.8, 4) is 16.9 Å². The van der Waals surface area contributed by atoms with Gasteiger partial charge in [-0.2, -0.15) is 8.78 Å². The summed E-state index contributed by atoms with van der Waals surface area (Å²) in [4.78, 5) is 0. The minimum atomic E-state index is -4.29. The molecule has 0 N–H and O–H groups in total. The molecular formula is C29H24F8O. The molecule has 0 radical (unpaired) electrons. The maximum Gasteiger partial charge on any atom is 0.429 e. The van der Waals surface area contributed by atoms with Crippen LogP contribution in [0.4, 0.5) is 35.1 Å². The van der Waals surface area contributed by atoms with Crippen molar-refractivity contribution < 1.29 is 39.9 Å². The molecule has 2 aliphatic rings. The Bertz CT molecular complexity index is 1320. The zero-order chi connectivity index (χ0) is 27.5. The molecule has 0 aliphatic heterocycles. The van der Waals surface area contributed by atoms with Crippen molar-refractivity contribution in [3.05, 3.63) is 88.0 Å². The first kappa shape index (κ1) is 26.5. The highest BCUT2D eigenvalue weighted by Gasteiger charge is 2.43. The van der Waals surface area contributed by atoms with E-state index >= 15 is 13.2 Å². The van der Waals surface area contributed by atoms with Crippen LogP contribution in [0.5, 0.6) is 5.75 Å². The summed E-state index contributed by atoms with van der Waals surface area (Å²) >= 11 is 0. The summed E-state index contributed by atoms with van der Waals surface area (Å²) in [6, 6.07) is 4.08. The molecule has 0 saturated heterocycles. The van der Waals surface area contributed by atoms with E-state index in [-0.39, 0.29) is 11.5 Å². The number of hydrogen-bond donors (Lipinski definition) is 0. The highest BCUT2D eigenvalue weighted by Crippen LogP contribution is 2.52. The summed E-state index contributed by atoms with van der Waals surface area (Å²) in [5.41, 5.74) is -2.13. The molecule has 0 amide bonds. The van der Waals surface area contributed by atoms with Gasteiger partial charge in [0.25, 0.3) is 0 Å². The molecule has 9 heteroatoms. The van der Waals surface area contributed by atoms with Crippen LogP contribution in [0.25, 0.3) is 11.1 Å². The van der Waals surface area contributed by atoms with Crippen molar-refractivity contribution >= 4 is 0 Å². The van der Waals surface area contributed by atoms with Crippen LogP contribution in [0.15, 0.2) is 36.4 Å². The number of rotatable bonds is 5. The number of halogens is 8. The summed E-state index contributed by atoms with van der Waals surface area (Å²) in [5.74, 6) is -8.51. The van der Waals surface area contributed by atoms with Crippen LogP contribution in [0.1, 0.15) is 55.2 Å². The first-order valence-electron chi connectivity index (χ1n) is 12.3. The van der Waals surface area contributed by atoms with Crippen LogP contribution < -0.4 is 4.74 Å². The van der Waals surface area contributed by atoms with Gasteiger partial charge in [-0.25, -0.2) is 26.3 Å². The van der Waals surface area contributed by atoms with Crippen LogP contribution in [0, 0.1) is 59.6 Å². The Labute approximate surface area is 214 Å². The fraction of sp³-hybridized carbons (Fsp3) is 0.379. The maximum absolute atomic E-state index is 15.1. The predicted octanol–water partition coefficient (Wildman–Crippen LogP) is 9.16. The van der Waals surface area contributed by atoms with Gasteiger partial charge in [-0.05, 0) is 91.2 Å². The lowest BCUT2D eigenvalue weighted by Crippen LogP contribution is -2.25. The van der Waals surface area contributed by atoms with E-state index in [9.17, 15) is 22.0 Å². The third-order valence-electron chi connectivity index (χ3n) is 7.86. The van der Waals surface area contributed by atoms with Gasteiger partial charge >= 0.3 is 6.11 Å². The SMILES string of the molecule is Cc1cc(C2CC3CC(C)CC3C2)cc(F)c1C(F)(F)Oc1cc(F)c(-c2cc(F)c(F)c(F)c2)c(F)c1. The molecule has 0 heterocycles. The number of aryl methyl sites for hydroxylation is 1. The van der Waals surface area contributed by atoms with Gasteiger partial charge in [-0.1, -0.05) is 13.0 Å². The molecular weight excluding hydrogens is 516 g/mol. The summed E-state index contributed by atoms with van der Waals surface area (Å²) < 4.78 is 119. The van der Waals surface area contributed by atoms with Gasteiger partial charge in [0.15, 0.2) is 17.5 Å². The smallest absolute Gasteiger partial charge is 0.429 e. The Morgan fingerprint density at radius 2 is 1.26 bits per heavy atom. The molecule has 2 unspecified atom stereocenters. The Balaban J connectivity index is 1.40. The molecule has 0 aromatic heterocycles. The first-order valence-corrected chi connectivity index (χ1v) is 12.3. The fourth-order valence-corrected chi connectivity index (χ4v) is 6.35. The van der Waals surface area contributed by atoms with Crippen molar-refractivity contribution in [2.45, 2.75) is 51.6 Å². The molecule has 0 spiro atoms. The summed E-state index contributed by atoms with van der Waals surface area (Å²) in [5, 5.41) is 0. The Kier molecular flexibility index (Phi) is 6.68. The third kappa shape index (κ3) is 4.76. The predicted molar refractivity (Wildman–Crippen MR) is 125 cm³/mol. The molecule has 2 atom stereocenters. The van der Waals surface area contributed by atoms with Crippen molar-refractivity contribution in [2.75, 3.05) is 0 Å². The average molecular weight is 540 g/mol. The van der Waals surface area contributed by atoms with Crippen LogP contribution in [-0.4, -0.2) is 0 Å². The minimum Gasteiger partial charge on any atom is -0.429 e. The fourth-order valence-electron chi connectivity index (χ4n) is 6.35. The summed E-state index contributed by atoms with van der Waals surface area (Å²) in [6.07, 6.45) is -0.296. The van der Waals surface area contributed by atoms with E-state index in [1.165, 1.54) is 13.0 Å². The zero-order valence-electron chi connectivity index (χ0n) is 20.5. The first-order chi connectivity index (χ1) is 17.8. The van der Waals surface area contributed by atoms with Gasteiger partial charge in [0.05, 0.1) is 5.56 Å². The van der Waals surface area contributed by atoms with E-state index in [1.54, 1.807) is 0 Å². The van der Waals surface area contributed by atoms with E-state index in [2.05, 4.69) is 11.7 Å². The third-order valence-corrected chi connectivity index (χ3v) is 7.86. The number of ether oxygens (including phenoxy) is 1. The second-order valence-corrected chi connectivity index (χ2v) is 10.6. The quantitative estimate of drug-likeness (QED) is 0.232. The lowest BCUT2D eigenvalue weighted by molar-refractivity contribution is -0.188. The van der Waals surface area contributed by atoms with Crippen LogP contribution in [-0.2, 0) is 6.11 Å². The van der Waals surface area contributed by atoms with E-state index in [0.717, 1.165) is 31.7 Å². The second-order valence-electron chi connectivity index (χ2n) is 10.6. The van der Waals surface area contributed by atoms with Crippen LogP contribution >= 0.6 is 0 Å². The molecule has 0 bridgehead atoms. The second kappa shape index (κ2) is 9.58. The van der Waals surface area contributed by atoms with Gasteiger partial charge in [0, 0.05) is 12.1 Å². The minimum absolute atomic E-state index is 0.0646. The zero-order valence-corrected chi connectivity index (χ0v) is 20.5.